The van der Waals surface area contributed by atoms with Gasteiger partial charge >= 0.3 is 0 Å². The minimum Gasteiger partial charge on any atom is -0.493 e. The Bertz CT molecular complexity index is 235. The van der Waals surface area contributed by atoms with Crippen molar-refractivity contribution in [1.29, 1.82) is 0 Å². The van der Waals surface area contributed by atoms with Crippen molar-refractivity contribution in [1.82, 2.24) is 0 Å². The lowest BCUT2D eigenvalue weighted by Gasteiger charge is -2.04. The summed E-state index contributed by atoms with van der Waals surface area (Å²) in [5, 5.41) is 0. The lowest BCUT2D eigenvalue weighted by molar-refractivity contribution is 0.345. The summed E-state index contributed by atoms with van der Waals surface area (Å²) in [6.45, 7) is 2.79. The Morgan fingerprint density at radius 3 is 3.00 bits per heavy atom. The third kappa shape index (κ3) is 3.26. The van der Waals surface area contributed by atoms with Crippen LogP contribution >= 0.6 is 15.9 Å². The van der Waals surface area contributed by atoms with Crippen LogP contribution in [-0.2, 0) is 0 Å². The predicted octanol–water partition coefficient (Wildman–Crippen LogP) is 3.44. The molecular formula is C10H12BrO. The highest BCUT2D eigenvalue weighted by Crippen LogP contribution is 2.17. The maximum atomic E-state index is 5.44. The molecule has 0 saturated heterocycles. The van der Waals surface area contributed by atoms with E-state index in [-0.39, 0.29) is 0 Å². The molecule has 0 N–H and O–H groups in total. The molecule has 0 unspecified atom stereocenters. The molecule has 12 heavy (non-hydrogen) atoms. The molecule has 1 aromatic rings. The van der Waals surface area contributed by atoms with E-state index in [1.165, 1.54) is 0 Å². The van der Waals surface area contributed by atoms with Gasteiger partial charge in [-0.2, -0.15) is 0 Å². The molecule has 0 bridgehead atoms. The fourth-order valence-corrected chi connectivity index (χ4v) is 1.21. The van der Waals surface area contributed by atoms with Gasteiger partial charge in [0.05, 0.1) is 6.61 Å². The van der Waals surface area contributed by atoms with Gasteiger partial charge in [0, 0.05) is 4.47 Å². The highest BCUT2D eigenvalue weighted by Gasteiger charge is 1.92. The van der Waals surface area contributed by atoms with Gasteiger partial charge in [0.25, 0.3) is 0 Å². The van der Waals surface area contributed by atoms with Crippen molar-refractivity contribution in [3.8, 4) is 5.75 Å². The zero-order valence-corrected chi connectivity index (χ0v) is 8.67. The summed E-state index contributed by atoms with van der Waals surface area (Å²) in [4.78, 5) is 0. The molecule has 65 valence electrons. The van der Waals surface area contributed by atoms with Crippen LogP contribution in [0.2, 0.25) is 0 Å². The number of ether oxygens (including phenoxy) is 1. The second-order valence-corrected chi connectivity index (χ2v) is 3.38. The van der Waals surface area contributed by atoms with Crippen molar-refractivity contribution in [2.45, 2.75) is 13.3 Å². The molecular weight excluding hydrogens is 216 g/mol. The van der Waals surface area contributed by atoms with Crippen LogP contribution in [0.25, 0.3) is 0 Å². The van der Waals surface area contributed by atoms with E-state index in [4.69, 9.17) is 4.74 Å². The van der Waals surface area contributed by atoms with Crippen LogP contribution in [0.15, 0.2) is 28.7 Å². The Balaban J connectivity index is 2.41. The topological polar surface area (TPSA) is 9.23 Å². The average Bonchev–Trinajstić information content (AvgIpc) is 2.05. The smallest absolute Gasteiger partial charge is 0.120 e. The lowest BCUT2D eigenvalue weighted by atomic mass is 10.3. The van der Waals surface area contributed by atoms with Crippen LogP contribution in [0.3, 0.4) is 0 Å². The first-order valence-electron chi connectivity index (χ1n) is 4.03. The summed E-state index contributed by atoms with van der Waals surface area (Å²) in [6, 6.07) is 7.86. The van der Waals surface area contributed by atoms with Gasteiger partial charge in [0.1, 0.15) is 5.75 Å². The summed E-state index contributed by atoms with van der Waals surface area (Å²) in [5.74, 6) is 0.911. The summed E-state index contributed by atoms with van der Waals surface area (Å²) in [5.41, 5.74) is 0. The Kier molecular flexibility index (Phi) is 4.15. The number of hydrogen-bond acceptors (Lipinski definition) is 1. The van der Waals surface area contributed by atoms with Crippen molar-refractivity contribution < 1.29 is 4.74 Å². The number of unbranched alkanes of at least 4 members (excludes halogenated alkanes) is 1. The van der Waals surface area contributed by atoms with Crippen molar-refractivity contribution >= 4 is 15.9 Å². The Morgan fingerprint density at radius 1 is 1.50 bits per heavy atom. The summed E-state index contributed by atoms with van der Waals surface area (Å²) < 4.78 is 6.49. The number of hydrogen-bond donors (Lipinski definition) is 0. The van der Waals surface area contributed by atoms with E-state index < -0.39 is 0 Å². The first kappa shape index (κ1) is 9.59. The molecule has 1 radical (unpaired) electrons. The molecule has 0 fully saturated rings. The summed E-state index contributed by atoms with van der Waals surface area (Å²) in [7, 11) is 0. The second kappa shape index (κ2) is 5.20. The van der Waals surface area contributed by atoms with E-state index in [9.17, 15) is 0 Å². The summed E-state index contributed by atoms with van der Waals surface area (Å²) >= 11 is 3.38. The Hall–Kier alpha value is -0.500. The lowest BCUT2D eigenvalue weighted by Crippen LogP contribution is -1.96. The molecule has 0 amide bonds. The van der Waals surface area contributed by atoms with Crippen LogP contribution in [0.1, 0.15) is 13.3 Å². The van der Waals surface area contributed by atoms with E-state index in [0.29, 0.717) is 6.61 Å². The van der Waals surface area contributed by atoms with E-state index in [1.807, 2.05) is 24.3 Å². The third-order valence-corrected chi connectivity index (χ3v) is 1.95. The Morgan fingerprint density at radius 2 is 2.33 bits per heavy atom. The van der Waals surface area contributed by atoms with Crippen LogP contribution in [0.5, 0.6) is 5.75 Å². The SMILES string of the molecule is CC[CH]COc1cccc(Br)c1. The molecule has 0 aliphatic carbocycles. The fourth-order valence-electron chi connectivity index (χ4n) is 0.830. The first-order chi connectivity index (χ1) is 5.83. The molecule has 1 aromatic carbocycles. The van der Waals surface area contributed by atoms with Gasteiger partial charge in [0.2, 0.25) is 0 Å². The normalized spacial score (nSPS) is 9.83. The molecule has 0 aromatic heterocycles. The summed E-state index contributed by atoms with van der Waals surface area (Å²) in [6.07, 6.45) is 3.15. The van der Waals surface area contributed by atoms with Crippen LogP contribution in [-0.4, -0.2) is 6.61 Å². The second-order valence-electron chi connectivity index (χ2n) is 2.47. The van der Waals surface area contributed by atoms with Gasteiger partial charge in [0.15, 0.2) is 0 Å². The van der Waals surface area contributed by atoms with Crippen molar-refractivity contribution in [2.24, 2.45) is 0 Å². The van der Waals surface area contributed by atoms with E-state index in [1.54, 1.807) is 0 Å². The molecule has 2 heteroatoms. The van der Waals surface area contributed by atoms with Crippen molar-refractivity contribution in [3.05, 3.63) is 35.2 Å². The molecule has 0 saturated carbocycles. The minimum atomic E-state index is 0.687. The molecule has 1 nitrogen and oxygen atoms in total. The maximum absolute atomic E-state index is 5.44. The predicted molar refractivity (Wildman–Crippen MR) is 54.2 cm³/mol. The molecule has 1 rings (SSSR count). The molecule has 0 atom stereocenters. The largest absolute Gasteiger partial charge is 0.493 e. The van der Waals surface area contributed by atoms with Crippen molar-refractivity contribution in [2.75, 3.05) is 6.61 Å². The maximum Gasteiger partial charge on any atom is 0.120 e. The number of halogens is 1. The standard InChI is InChI=1S/C10H12BrO/c1-2-3-7-12-10-6-4-5-9(11)8-10/h3-6,8H,2,7H2,1H3. The average molecular weight is 228 g/mol. The molecule has 0 heterocycles. The van der Waals surface area contributed by atoms with E-state index >= 15 is 0 Å². The van der Waals surface area contributed by atoms with Gasteiger partial charge in [-0.15, -0.1) is 0 Å². The highest BCUT2D eigenvalue weighted by atomic mass is 79.9. The van der Waals surface area contributed by atoms with Crippen LogP contribution in [0.4, 0.5) is 0 Å². The Labute approximate surface area is 81.9 Å². The number of benzene rings is 1. The van der Waals surface area contributed by atoms with Gasteiger partial charge in [-0.25, -0.2) is 0 Å². The van der Waals surface area contributed by atoms with Gasteiger partial charge in [-0.1, -0.05) is 28.9 Å². The zero-order chi connectivity index (χ0) is 8.81. The molecule has 0 aliphatic heterocycles. The third-order valence-electron chi connectivity index (χ3n) is 1.45. The molecule has 0 aliphatic rings. The van der Waals surface area contributed by atoms with Gasteiger partial charge in [-0.05, 0) is 31.0 Å². The highest BCUT2D eigenvalue weighted by molar-refractivity contribution is 9.10. The minimum absolute atomic E-state index is 0.687. The zero-order valence-electron chi connectivity index (χ0n) is 7.09. The van der Waals surface area contributed by atoms with Gasteiger partial charge in [-0.3, -0.25) is 0 Å². The van der Waals surface area contributed by atoms with E-state index in [2.05, 4.69) is 29.3 Å². The fraction of sp³-hybridized carbons (Fsp3) is 0.300. The first-order valence-corrected chi connectivity index (χ1v) is 4.82. The quantitative estimate of drug-likeness (QED) is 0.717. The van der Waals surface area contributed by atoms with Crippen molar-refractivity contribution in [3.63, 3.8) is 0 Å². The van der Waals surface area contributed by atoms with Crippen LogP contribution in [0, 0.1) is 6.42 Å². The number of rotatable bonds is 4. The van der Waals surface area contributed by atoms with E-state index in [0.717, 1.165) is 16.6 Å². The monoisotopic (exact) mass is 227 g/mol. The van der Waals surface area contributed by atoms with Crippen LogP contribution < -0.4 is 4.74 Å². The van der Waals surface area contributed by atoms with Gasteiger partial charge < -0.3 is 4.74 Å². The molecule has 0 spiro atoms.